The molecule has 0 spiro atoms. The van der Waals surface area contributed by atoms with Crippen molar-refractivity contribution in [1.82, 2.24) is 0 Å². The minimum atomic E-state index is -3.63. The Kier molecular flexibility index (Phi) is 48.1. The standard InChI is InChI=1S/3O3Si.H2O.U/c3*1-4(2)3;;/h;;;1H2;/q3*-2;;+6. The number of rotatable bonds is 0. The molecule has 0 bridgehead atoms. The van der Waals surface area contributed by atoms with Gasteiger partial charge < -0.3 is 47.6 Å². The molecule has 78 valence electrons. The summed E-state index contributed by atoms with van der Waals surface area (Å²) in [4.78, 5) is 51.1. The molecule has 14 heavy (non-hydrogen) atoms. The maximum absolute atomic E-state index is 8.52. The Morgan fingerprint density at radius 2 is 0.571 bits per heavy atom. The monoisotopic (exact) mass is 484 g/mol. The summed E-state index contributed by atoms with van der Waals surface area (Å²) in [6.07, 6.45) is 0. The first-order chi connectivity index (χ1) is 5.20. The fourth-order valence-corrected chi connectivity index (χ4v) is 0. The van der Waals surface area contributed by atoms with Crippen LogP contribution in [0.1, 0.15) is 0 Å². The Labute approximate surface area is 106 Å². The molecule has 0 heterocycles. The van der Waals surface area contributed by atoms with Crippen LogP contribution in [0.2, 0.25) is 0 Å². The normalized spacial score (nSPS) is 5.14. The van der Waals surface area contributed by atoms with Crippen molar-refractivity contribution >= 4 is 27.5 Å². The van der Waals surface area contributed by atoms with Gasteiger partial charge in [-0.3, -0.25) is 0 Å². The zero-order valence-corrected chi connectivity index (χ0v) is 13.3. The molecule has 0 rings (SSSR count). The summed E-state index contributed by atoms with van der Waals surface area (Å²) in [6.45, 7) is 0. The molecule has 0 unspecified atom stereocenters. The van der Waals surface area contributed by atoms with E-state index in [2.05, 4.69) is 0 Å². The van der Waals surface area contributed by atoms with E-state index in [9.17, 15) is 0 Å². The average molecular weight is 484 g/mol. The first-order valence-corrected chi connectivity index (χ1v) is 5.51. The largest absolute Gasteiger partial charge is 6.00 e. The van der Waals surface area contributed by atoms with E-state index in [0.717, 1.165) is 0 Å². The molecule has 0 aromatic carbocycles. The molecule has 0 aromatic rings. The summed E-state index contributed by atoms with van der Waals surface area (Å²) in [6, 6.07) is 0. The van der Waals surface area contributed by atoms with Crippen molar-refractivity contribution in [1.29, 1.82) is 0 Å². The van der Waals surface area contributed by atoms with Crippen LogP contribution in [-0.4, -0.2) is 33.0 Å². The summed E-state index contributed by atoms with van der Waals surface area (Å²) in [5.41, 5.74) is 0. The minimum Gasteiger partial charge on any atom is -0.672 e. The maximum Gasteiger partial charge on any atom is 6.00 e. The quantitative estimate of drug-likeness (QED) is 0.297. The predicted octanol–water partition coefficient (Wildman–Crippen LogP) is -9.46. The smallest absolute Gasteiger partial charge is 0.672 e. The molecule has 14 heteroatoms. The van der Waals surface area contributed by atoms with Gasteiger partial charge in [-0.15, -0.1) is 0 Å². The van der Waals surface area contributed by atoms with Gasteiger partial charge >= 0.3 is 31.1 Å². The summed E-state index contributed by atoms with van der Waals surface area (Å²) in [5.74, 6) is 0. The van der Waals surface area contributed by atoms with Crippen LogP contribution in [0.3, 0.4) is 0 Å². The van der Waals surface area contributed by atoms with Gasteiger partial charge in [-0.25, -0.2) is 0 Å². The van der Waals surface area contributed by atoms with Gasteiger partial charge in [0.1, 0.15) is 0 Å². The zero-order chi connectivity index (χ0) is 10.7. The van der Waals surface area contributed by atoms with Crippen LogP contribution >= 0.6 is 0 Å². The summed E-state index contributed by atoms with van der Waals surface area (Å²) < 4.78 is 25.6. The molecule has 0 aromatic heterocycles. The van der Waals surface area contributed by atoms with E-state index in [4.69, 9.17) is 42.2 Å². The second kappa shape index (κ2) is 23.0. The molecule has 0 fully saturated rings. The number of hydrogen-bond donors (Lipinski definition) is 0. The van der Waals surface area contributed by atoms with E-state index in [0.29, 0.717) is 0 Å². The Morgan fingerprint density at radius 3 is 0.571 bits per heavy atom. The fourth-order valence-electron chi connectivity index (χ4n) is 0. The van der Waals surface area contributed by atoms with Crippen molar-refractivity contribution in [2.45, 2.75) is 0 Å². The van der Waals surface area contributed by atoms with Crippen LogP contribution < -0.4 is 28.8 Å². The Bertz CT molecular complexity index is 113. The molecule has 0 saturated heterocycles. The SMILES string of the molecule is O.O=[Si]([O-])[O-].O=[Si]([O-])[O-].O=[Si]([O-])[O-].[U+6]. The molecule has 0 radical (unpaired) electrons. The molecule has 0 aliphatic heterocycles. The van der Waals surface area contributed by atoms with Crippen molar-refractivity contribution in [2.75, 3.05) is 0 Å². The second-order valence-corrected chi connectivity index (χ2v) is 2.25. The van der Waals surface area contributed by atoms with E-state index in [1.807, 2.05) is 0 Å². The first-order valence-electron chi connectivity index (χ1n) is 1.84. The van der Waals surface area contributed by atoms with Crippen molar-refractivity contribution in [3.05, 3.63) is 0 Å². The summed E-state index contributed by atoms with van der Waals surface area (Å²) in [7, 11) is -10.9. The van der Waals surface area contributed by atoms with Crippen molar-refractivity contribution in [3.63, 3.8) is 0 Å². The van der Waals surface area contributed by atoms with Gasteiger partial charge in [-0.1, -0.05) is 0 Å². The zero-order valence-electron chi connectivity index (χ0n) is 6.17. The molecule has 0 amide bonds. The molecule has 0 aliphatic carbocycles. The van der Waals surface area contributed by atoms with Crippen molar-refractivity contribution in [3.8, 4) is 0 Å². The van der Waals surface area contributed by atoms with Crippen LogP contribution in [0.5, 0.6) is 0 Å². The maximum atomic E-state index is 8.52. The molecule has 10 nitrogen and oxygen atoms in total. The summed E-state index contributed by atoms with van der Waals surface area (Å²) >= 11 is 0. The van der Waals surface area contributed by atoms with Crippen LogP contribution in [0.15, 0.2) is 0 Å². The van der Waals surface area contributed by atoms with Gasteiger partial charge in [0.2, 0.25) is 0 Å². The Morgan fingerprint density at radius 1 is 0.571 bits per heavy atom. The van der Waals surface area contributed by atoms with Crippen molar-refractivity contribution < 1.29 is 78.7 Å². The van der Waals surface area contributed by atoms with Gasteiger partial charge in [0.15, 0.2) is 0 Å². The van der Waals surface area contributed by atoms with Gasteiger partial charge in [0.05, 0.1) is 0 Å². The average Bonchev–Trinajstić information content (AvgIpc) is 1.54. The molecule has 0 atom stereocenters. The molecule has 0 saturated carbocycles. The van der Waals surface area contributed by atoms with Gasteiger partial charge in [0, 0.05) is 27.5 Å². The minimum absolute atomic E-state index is 0. The third-order valence-electron chi connectivity index (χ3n) is 0. The topological polar surface area (TPSA) is 221 Å². The fraction of sp³-hybridized carbons (Fsp3) is 0. The molecule has 0 aliphatic rings. The summed E-state index contributed by atoms with van der Waals surface area (Å²) in [5, 5.41) is 0. The molecule has 2 N–H and O–H groups in total. The second-order valence-electron chi connectivity index (χ2n) is 0.750. The van der Waals surface area contributed by atoms with Crippen LogP contribution in [-0.2, 0) is 13.4 Å². The van der Waals surface area contributed by atoms with Crippen LogP contribution in [0.25, 0.3) is 0 Å². The van der Waals surface area contributed by atoms with E-state index >= 15 is 0 Å². The predicted molar refractivity (Wildman–Crippen MR) is 22.9 cm³/mol. The first kappa shape index (κ1) is 29.2. The van der Waals surface area contributed by atoms with E-state index < -0.39 is 27.5 Å². The van der Waals surface area contributed by atoms with Gasteiger partial charge in [-0.05, 0) is 0 Å². The Hall–Kier alpha value is -0.137. The van der Waals surface area contributed by atoms with Gasteiger partial charge in [0.25, 0.3) is 0 Å². The van der Waals surface area contributed by atoms with Crippen LogP contribution in [0.4, 0.5) is 0 Å². The Balaban J connectivity index is -0.0000000270. The number of hydrogen-bond acceptors (Lipinski definition) is 9. The van der Waals surface area contributed by atoms with Crippen molar-refractivity contribution in [2.24, 2.45) is 0 Å². The molecular formula is H2O10Si3U. The third kappa shape index (κ3) is 74100. The van der Waals surface area contributed by atoms with E-state index in [1.165, 1.54) is 0 Å². The van der Waals surface area contributed by atoms with E-state index in [1.54, 1.807) is 0 Å². The van der Waals surface area contributed by atoms with Gasteiger partial charge in [-0.2, -0.15) is 0 Å². The molecular weight excluding hydrogens is 482 g/mol. The third-order valence-corrected chi connectivity index (χ3v) is 0. The van der Waals surface area contributed by atoms with E-state index in [-0.39, 0.29) is 36.6 Å². The van der Waals surface area contributed by atoms with Crippen LogP contribution in [0, 0.1) is 31.1 Å².